The van der Waals surface area contributed by atoms with E-state index in [1.807, 2.05) is 0 Å². The molecule has 0 N–H and O–H groups in total. The molecule has 0 aliphatic heterocycles. The van der Waals surface area contributed by atoms with E-state index in [1.165, 1.54) is 24.3 Å². The zero-order valence-electron chi connectivity index (χ0n) is 9.80. The molecular weight excluding hydrogens is 254 g/mol. The third kappa shape index (κ3) is 5.41. The molecule has 0 bridgehead atoms. The normalized spacial score (nSPS) is 11.0. The molecule has 0 saturated heterocycles. The molecule has 4 nitrogen and oxygen atoms in total. The smallest absolute Gasteiger partial charge is 0.330 e. The van der Waals surface area contributed by atoms with Crippen LogP contribution in [0.15, 0.2) is 30.4 Å². The van der Waals surface area contributed by atoms with Crippen molar-refractivity contribution in [1.82, 2.24) is 4.98 Å². The number of hydrogen-bond donors (Lipinski definition) is 0. The van der Waals surface area contributed by atoms with Crippen molar-refractivity contribution >= 4 is 35.0 Å². The van der Waals surface area contributed by atoms with E-state index in [4.69, 9.17) is 16.3 Å². The van der Waals surface area contributed by atoms with Gasteiger partial charge in [-0.05, 0) is 48.9 Å². The van der Waals surface area contributed by atoms with Crippen LogP contribution in [0.3, 0.4) is 0 Å². The van der Waals surface area contributed by atoms with Gasteiger partial charge in [-0.1, -0.05) is 6.07 Å². The summed E-state index contributed by atoms with van der Waals surface area (Å²) in [7, 11) is 0. The Bertz CT molecular complexity index is 495. The molecule has 0 saturated carbocycles. The van der Waals surface area contributed by atoms with Gasteiger partial charge in [-0.3, -0.25) is 4.79 Å². The molecule has 1 rings (SSSR count). The van der Waals surface area contributed by atoms with Gasteiger partial charge in [0.25, 0.3) is 0 Å². The number of nitrogens with zero attached hydrogens (tertiary/aromatic N) is 1. The van der Waals surface area contributed by atoms with Crippen LogP contribution in [0.4, 0.5) is 0 Å². The molecular formula is C13H12ClNO3. The quantitative estimate of drug-likeness (QED) is 0.466. The minimum atomic E-state index is -0.565. The molecule has 0 unspecified atom stereocenters. The second kappa shape index (κ2) is 7.40. The number of halogens is 1. The van der Waals surface area contributed by atoms with Crippen LogP contribution in [-0.2, 0) is 14.3 Å². The molecule has 0 aliphatic rings. The fourth-order valence-electron chi connectivity index (χ4n) is 1.15. The van der Waals surface area contributed by atoms with E-state index in [0.717, 1.165) is 0 Å². The lowest BCUT2D eigenvalue weighted by molar-refractivity contribution is -0.137. The van der Waals surface area contributed by atoms with Crippen LogP contribution in [-0.4, -0.2) is 22.8 Å². The number of carbonyl (C=O) groups excluding carboxylic acids is 2. The highest BCUT2D eigenvalue weighted by Gasteiger charge is 1.96. The molecule has 1 aromatic heterocycles. The standard InChI is InChI=1S/C13H12ClNO3/c1-2-18-13(17)9-7-11-5-3-4-10(15-11)6-8-12(14)16/h3-9H,2H2,1H3. The summed E-state index contributed by atoms with van der Waals surface area (Å²) in [4.78, 5) is 25.9. The number of hydrogen-bond acceptors (Lipinski definition) is 4. The van der Waals surface area contributed by atoms with E-state index in [0.29, 0.717) is 18.0 Å². The number of allylic oxidation sites excluding steroid dienone is 1. The Labute approximate surface area is 110 Å². The number of rotatable bonds is 5. The molecule has 1 aromatic rings. The summed E-state index contributed by atoms with van der Waals surface area (Å²) in [6.07, 6.45) is 5.55. The van der Waals surface area contributed by atoms with Gasteiger partial charge in [0.1, 0.15) is 0 Å². The average Bonchev–Trinajstić information content (AvgIpc) is 2.35. The molecule has 0 aromatic carbocycles. The van der Waals surface area contributed by atoms with Gasteiger partial charge in [0, 0.05) is 6.08 Å². The van der Waals surface area contributed by atoms with Crippen molar-refractivity contribution in [2.75, 3.05) is 6.61 Å². The fraction of sp³-hybridized carbons (Fsp3) is 0.154. The van der Waals surface area contributed by atoms with Crippen molar-refractivity contribution in [3.63, 3.8) is 0 Å². The lowest BCUT2D eigenvalue weighted by atomic mass is 10.2. The zero-order valence-corrected chi connectivity index (χ0v) is 10.6. The molecule has 0 amide bonds. The molecule has 18 heavy (non-hydrogen) atoms. The highest BCUT2D eigenvalue weighted by molar-refractivity contribution is 6.66. The lowest BCUT2D eigenvalue weighted by Gasteiger charge is -1.97. The third-order valence-corrected chi connectivity index (χ3v) is 1.98. The van der Waals surface area contributed by atoms with Crippen molar-refractivity contribution in [2.24, 2.45) is 0 Å². The summed E-state index contributed by atoms with van der Waals surface area (Å²) < 4.78 is 4.74. The lowest BCUT2D eigenvalue weighted by Crippen LogP contribution is -1.98. The van der Waals surface area contributed by atoms with Crippen LogP contribution in [0, 0.1) is 0 Å². The van der Waals surface area contributed by atoms with Crippen molar-refractivity contribution in [3.05, 3.63) is 41.7 Å². The Morgan fingerprint density at radius 2 is 1.89 bits per heavy atom. The summed E-state index contributed by atoms with van der Waals surface area (Å²) in [6, 6.07) is 5.21. The predicted molar refractivity (Wildman–Crippen MR) is 69.8 cm³/mol. The number of pyridine rings is 1. The Morgan fingerprint density at radius 3 is 2.44 bits per heavy atom. The minimum absolute atomic E-state index is 0.331. The van der Waals surface area contributed by atoms with Gasteiger partial charge in [-0.2, -0.15) is 0 Å². The molecule has 0 radical (unpaired) electrons. The molecule has 0 atom stereocenters. The van der Waals surface area contributed by atoms with Crippen LogP contribution in [0.2, 0.25) is 0 Å². The van der Waals surface area contributed by atoms with Crippen molar-refractivity contribution in [1.29, 1.82) is 0 Å². The van der Waals surface area contributed by atoms with E-state index < -0.39 is 11.2 Å². The van der Waals surface area contributed by atoms with Crippen LogP contribution in [0.25, 0.3) is 12.2 Å². The zero-order chi connectivity index (χ0) is 13.4. The van der Waals surface area contributed by atoms with Crippen molar-refractivity contribution < 1.29 is 14.3 Å². The average molecular weight is 266 g/mol. The van der Waals surface area contributed by atoms with Crippen LogP contribution < -0.4 is 0 Å². The highest BCUT2D eigenvalue weighted by atomic mass is 35.5. The van der Waals surface area contributed by atoms with Crippen LogP contribution >= 0.6 is 11.6 Å². The van der Waals surface area contributed by atoms with Gasteiger partial charge in [0.2, 0.25) is 5.24 Å². The Morgan fingerprint density at radius 1 is 1.28 bits per heavy atom. The minimum Gasteiger partial charge on any atom is -0.463 e. The van der Waals surface area contributed by atoms with E-state index in [2.05, 4.69) is 4.98 Å². The number of aromatic nitrogens is 1. The molecule has 0 aliphatic carbocycles. The first-order chi connectivity index (χ1) is 8.61. The van der Waals surface area contributed by atoms with E-state index in [9.17, 15) is 9.59 Å². The van der Waals surface area contributed by atoms with Gasteiger partial charge in [-0.25, -0.2) is 9.78 Å². The van der Waals surface area contributed by atoms with E-state index in [-0.39, 0.29) is 0 Å². The van der Waals surface area contributed by atoms with Crippen molar-refractivity contribution in [2.45, 2.75) is 6.92 Å². The van der Waals surface area contributed by atoms with E-state index >= 15 is 0 Å². The summed E-state index contributed by atoms with van der Waals surface area (Å²) in [5, 5.41) is -0.565. The third-order valence-electron chi connectivity index (χ3n) is 1.85. The highest BCUT2D eigenvalue weighted by Crippen LogP contribution is 2.04. The van der Waals surface area contributed by atoms with Gasteiger partial charge in [0.15, 0.2) is 0 Å². The summed E-state index contributed by atoms with van der Waals surface area (Å²) in [5.41, 5.74) is 1.17. The number of carbonyl (C=O) groups is 2. The predicted octanol–water partition coefficient (Wildman–Crippen LogP) is 2.44. The SMILES string of the molecule is CCOC(=O)C=Cc1cccc(C=CC(=O)Cl)n1. The maximum Gasteiger partial charge on any atom is 0.330 e. The largest absolute Gasteiger partial charge is 0.463 e. The maximum atomic E-state index is 11.1. The Hall–Kier alpha value is -1.94. The summed E-state index contributed by atoms with van der Waals surface area (Å²) in [6.45, 7) is 2.07. The van der Waals surface area contributed by atoms with Crippen LogP contribution in [0.1, 0.15) is 18.3 Å². The first kappa shape index (κ1) is 14.1. The first-order valence-electron chi connectivity index (χ1n) is 5.31. The van der Waals surface area contributed by atoms with Gasteiger partial charge in [-0.15, -0.1) is 0 Å². The second-order valence-corrected chi connectivity index (χ2v) is 3.58. The maximum absolute atomic E-state index is 11.1. The first-order valence-corrected chi connectivity index (χ1v) is 5.69. The number of esters is 1. The fourth-order valence-corrected chi connectivity index (χ4v) is 1.21. The van der Waals surface area contributed by atoms with Gasteiger partial charge >= 0.3 is 5.97 Å². The van der Waals surface area contributed by atoms with Gasteiger partial charge in [0.05, 0.1) is 18.0 Å². The monoisotopic (exact) mass is 265 g/mol. The number of ether oxygens (including phenoxy) is 1. The molecule has 5 heteroatoms. The Kier molecular flexibility index (Phi) is 5.80. The molecule has 0 spiro atoms. The second-order valence-electron chi connectivity index (χ2n) is 3.21. The Balaban J connectivity index is 2.76. The summed E-state index contributed by atoms with van der Waals surface area (Å²) >= 11 is 5.18. The molecule has 0 fully saturated rings. The van der Waals surface area contributed by atoms with Crippen molar-refractivity contribution in [3.8, 4) is 0 Å². The van der Waals surface area contributed by atoms with Crippen LogP contribution in [0.5, 0.6) is 0 Å². The molecule has 1 heterocycles. The topological polar surface area (TPSA) is 56.3 Å². The molecule has 94 valence electrons. The van der Waals surface area contributed by atoms with Gasteiger partial charge < -0.3 is 4.74 Å². The summed E-state index contributed by atoms with van der Waals surface area (Å²) in [5.74, 6) is -0.420. The van der Waals surface area contributed by atoms with E-state index in [1.54, 1.807) is 25.1 Å².